The Morgan fingerprint density at radius 1 is 1.25 bits per heavy atom. The zero-order chi connectivity index (χ0) is 17.3. The van der Waals surface area contributed by atoms with Gasteiger partial charge in [0.2, 0.25) is 0 Å². The van der Waals surface area contributed by atoms with Crippen LogP contribution in [0.5, 0.6) is 0 Å². The van der Waals surface area contributed by atoms with Gasteiger partial charge in [0.05, 0.1) is 10.6 Å². The van der Waals surface area contributed by atoms with Crippen molar-refractivity contribution >= 4 is 11.5 Å². The molecule has 0 bridgehead atoms. The van der Waals surface area contributed by atoms with Crippen LogP contribution in [0.4, 0.5) is 5.69 Å². The predicted molar refractivity (Wildman–Crippen MR) is 88.2 cm³/mol. The van der Waals surface area contributed by atoms with Gasteiger partial charge < -0.3 is 0 Å². The van der Waals surface area contributed by atoms with Gasteiger partial charge >= 0.3 is 0 Å². The Bertz CT molecular complexity index is 956. The monoisotopic (exact) mass is 327 g/mol. The summed E-state index contributed by atoms with van der Waals surface area (Å²) in [6, 6.07) is 6.18. The van der Waals surface area contributed by atoms with E-state index >= 15 is 0 Å². The second-order valence-corrected chi connectivity index (χ2v) is 5.64. The second kappa shape index (κ2) is 6.23. The summed E-state index contributed by atoms with van der Waals surface area (Å²) < 4.78 is 1.36. The summed E-state index contributed by atoms with van der Waals surface area (Å²) in [6.45, 7) is 3.81. The zero-order valence-electron chi connectivity index (χ0n) is 13.4. The van der Waals surface area contributed by atoms with Crippen molar-refractivity contribution in [3.63, 3.8) is 0 Å². The van der Waals surface area contributed by atoms with Crippen molar-refractivity contribution in [2.24, 2.45) is 0 Å². The van der Waals surface area contributed by atoms with E-state index in [1.165, 1.54) is 16.6 Å². The molecule has 0 radical (unpaired) electrons. The van der Waals surface area contributed by atoms with E-state index in [-0.39, 0.29) is 11.2 Å². The number of aryl methyl sites for hydroxylation is 2. The van der Waals surface area contributed by atoms with Gasteiger partial charge in [-0.05, 0) is 18.9 Å². The SMILES string of the molecule is CCCc1nc2nc(C)c(Cc3ccc([N+](=O)[O-])cc3)c(=O)n2[nH]1. The number of hydrogen-bond donors (Lipinski definition) is 1. The number of non-ortho nitro benzene ring substituents is 1. The summed E-state index contributed by atoms with van der Waals surface area (Å²) in [5, 5.41) is 13.7. The third-order valence-corrected chi connectivity index (χ3v) is 3.86. The van der Waals surface area contributed by atoms with Gasteiger partial charge in [0, 0.05) is 30.5 Å². The normalized spacial score (nSPS) is 11.1. The van der Waals surface area contributed by atoms with Crippen molar-refractivity contribution in [3.05, 3.63) is 67.4 Å². The smallest absolute Gasteiger partial charge is 0.275 e. The van der Waals surface area contributed by atoms with Crippen molar-refractivity contribution in [2.45, 2.75) is 33.1 Å². The van der Waals surface area contributed by atoms with E-state index in [9.17, 15) is 14.9 Å². The quantitative estimate of drug-likeness (QED) is 0.571. The lowest BCUT2D eigenvalue weighted by molar-refractivity contribution is -0.384. The molecule has 0 atom stereocenters. The Morgan fingerprint density at radius 2 is 1.96 bits per heavy atom. The van der Waals surface area contributed by atoms with E-state index in [0.717, 1.165) is 24.2 Å². The van der Waals surface area contributed by atoms with Crippen LogP contribution < -0.4 is 5.56 Å². The fraction of sp³-hybridized carbons (Fsp3) is 0.312. The van der Waals surface area contributed by atoms with Gasteiger partial charge in [-0.25, -0.2) is 4.98 Å². The van der Waals surface area contributed by atoms with Gasteiger partial charge in [-0.1, -0.05) is 19.1 Å². The highest BCUT2D eigenvalue weighted by Crippen LogP contribution is 2.15. The molecule has 124 valence electrons. The molecule has 0 saturated carbocycles. The third kappa shape index (κ3) is 2.90. The molecule has 1 aromatic carbocycles. The molecule has 0 unspecified atom stereocenters. The largest absolute Gasteiger partial charge is 0.277 e. The van der Waals surface area contributed by atoms with Gasteiger partial charge in [0.15, 0.2) is 0 Å². The van der Waals surface area contributed by atoms with Crippen LogP contribution in [-0.2, 0) is 12.8 Å². The van der Waals surface area contributed by atoms with E-state index in [1.54, 1.807) is 19.1 Å². The number of nitro groups is 1. The minimum Gasteiger partial charge on any atom is -0.275 e. The van der Waals surface area contributed by atoms with Crippen molar-refractivity contribution in [2.75, 3.05) is 0 Å². The maximum atomic E-state index is 12.7. The fourth-order valence-corrected chi connectivity index (χ4v) is 2.59. The highest BCUT2D eigenvalue weighted by molar-refractivity contribution is 5.38. The van der Waals surface area contributed by atoms with Crippen LogP contribution >= 0.6 is 0 Å². The number of nitrogens with zero attached hydrogens (tertiary/aromatic N) is 4. The van der Waals surface area contributed by atoms with Crippen LogP contribution in [-0.4, -0.2) is 24.5 Å². The molecule has 0 aliphatic rings. The number of nitrogens with one attached hydrogen (secondary N) is 1. The van der Waals surface area contributed by atoms with Crippen LogP contribution in [0.15, 0.2) is 29.1 Å². The van der Waals surface area contributed by atoms with Crippen molar-refractivity contribution in [1.82, 2.24) is 19.6 Å². The van der Waals surface area contributed by atoms with Gasteiger partial charge in [-0.2, -0.15) is 9.50 Å². The number of H-pyrrole nitrogens is 1. The lowest BCUT2D eigenvalue weighted by Gasteiger charge is -2.05. The minimum atomic E-state index is -0.447. The second-order valence-electron chi connectivity index (χ2n) is 5.64. The van der Waals surface area contributed by atoms with Crippen molar-refractivity contribution in [1.29, 1.82) is 0 Å². The minimum absolute atomic E-state index is 0.0264. The van der Waals surface area contributed by atoms with Gasteiger partial charge in [-0.15, -0.1) is 0 Å². The molecule has 1 N–H and O–H groups in total. The third-order valence-electron chi connectivity index (χ3n) is 3.86. The Labute approximate surface area is 137 Å². The molecule has 3 aromatic rings. The first-order valence-electron chi connectivity index (χ1n) is 7.70. The number of aromatic nitrogens is 4. The van der Waals surface area contributed by atoms with Crippen molar-refractivity contribution < 1.29 is 4.92 Å². The zero-order valence-corrected chi connectivity index (χ0v) is 13.4. The molecule has 8 nitrogen and oxygen atoms in total. The topological polar surface area (TPSA) is 106 Å². The molecule has 2 heterocycles. The molecule has 0 spiro atoms. The molecule has 24 heavy (non-hydrogen) atoms. The van der Waals surface area contributed by atoms with Gasteiger partial charge in [0.1, 0.15) is 5.82 Å². The lowest BCUT2D eigenvalue weighted by atomic mass is 10.0. The molecule has 8 heteroatoms. The lowest BCUT2D eigenvalue weighted by Crippen LogP contribution is -2.22. The van der Waals surface area contributed by atoms with Crippen LogP contribution in [0.25, 0.3) is 5.78 Å². The van der Waals surface area contributed by atoms with E-state index in [1.807, 2.05) is 6.92 Å². The summed E-state index contributed by atoms with van der Waals surface area (Å²) in [6.07, 6.45) is 2.03. The molecule has 0 amide bonds. The number of hydrogen-bond acceptors (Lipinski definition) is 5. The van der Waals surface area contributed by atoms with Crippen LogP contribution in [0.3, 0.4) is 0 Å². The highest BCUT2D eigenvalue weighted by Gasteiger charge is 2.14. The van der Waals surface area contributed by atoms with E-state index in [2.05, 4.69) is 15.1 Å². The molecule has 0 fully saturated rings. The molecule has 0 aliphatic heterocycles. The highest BCUT2D eigenvalue weighted by atomic mass is 16.6. The molecule has 2 aromatic heterocycles. The predicted octanol–water partition coefficient (Wildman–Crippen LogP) is 2.18. The first kappa shape index (κ1) is 15.9. The first-order valence-corrected chi connectivity index (χ1v) is 7.70. The van der Waals surface area contributed by atoms with Crippen LogP contribution in [0, 0.1) is 17.0 Å². The van der Waals surface area contributed by atoms with Crippen LogP contribution in [0.1, 0.15) is 36.0 Å². The average molecular weight is 327 g/mol. The molecule has 3 rings (SSSR count). The van der Waals surface area contributed by atoms with Gasteiger partial charge in [-0.3, -0.25) is 20.0 Å². The number of nitro benzene ring substituents is 1. The van der Waals surface area contributed by atoms with Crippen molar-refractivity contribution in [3.8, 4) is 0 Å². The summed E-state index contributed by atoms with van der Waals surface area (Å²) >= 11 is 0. The molecular formula is C16H17N5O3. The van der Waals surface area contributed by atoms with E-state index < -0.39 is 4.92 Å². The average Bonchev–Trinajstić information content (AvgIpc) is 2.95. The van der Waals surface area contributed by atoms with Crippen LogP contribution in [0.2, 0.25) is 0 Å². The maximum Gasteiger partial charge on any atom is 0.277 e. The molecule has 0 saturated heterocycles. The summed E-state index contributed by atoms with van der Waals surface area (Å²) in [5.41, 5.74) is 1.82. The Hall–Kier alpha value is -3.03. The molecular weight excluding hydrogens is 310 g/mol. The number of fused-ring (bicyclic) bond motifs is 1. The van der Waals surface area contributed by atoms with E-state index in [4.69, 9.17) is 0 Å². The Balaban J connectivity index is 1.99. The fourth-order valence-electron chi connectivity index (χ4n) is 2.59. The molecule has 0 aliphatic carbocycles. The number of benzene rings is 1. The number of rotatable bonds is 5. The Morgan fingerprint density at radius 3 is 2.58 bits per heavy atom. The summed E-state index contributed by atoms with van der Waals surface area (Å²) in [4.78, 5) is 31.7. The van der Waals surface area contributed by atoms with Gasteiger partial charge in [0.25, 0.3) is 17.0 Å². The maximum absolute atomic E-state index is 12.7. The number of aromatic amines is 1. The summed E-state index contributed by atoms with van der Waals surface area (Å²) in [7, 11) is 0. The Kier molecular flexibility index (Phi) is 4.11. The first-order chi connectivity index (χ1) is 11.5. The summed E-state index contributed by atoms with van der Waals surface area (Å²) in [5.74, 6) is 1.10. The standard InChI is InChI=1S/C16H17N5O3/c1-3-4-14-18-16-17-10(2)13(15(22)20(16)19-14)9-11-5-7-12(8-6-11)21(23)24/h5-8H,3-4,9H2,1-2H3,(H,17,18,19). The van der Waals surface area contributed by atoms with E-state index in [0.29, 0.717) is 23.5 Å².